The number of furan rings is 1. The topological polar surface area (TPSA) is 71.1 Å². The lowest BCUT2D eigenvalue weighted by molar-refractivity contribution is 0.0904. The van der Waals surface area contributed by atoms with E-state index in [0.717, 1.165) is 31.7 Å². The van der Waals surface area contributed by atoms with Crippen molar-refractivity contribution in [3.8, 4) is 17.2 Å². The van der Waals surface area contributed by atoms with Crippen LogP contribution in [0.3, 0.4) is 0 Å². The van der Waals surface area contributed by atoms with Crippen LogP contribution in [0.15, 0.2) is 41.1 Å². The molecule has 0 aliphatic carbocycles. The summed E-state index contributed by atoms with van der Waals surface area (Å²) in [6.07, 6.45) is 4.46. The molecule has 1 aliphatic rings. The molecule has 0 saturated carbocycles. The lowest BCUT2D eigenvalue weighted by Gasteiger charge is -2.24. The Balaban J connectivity index is 1.73. The fourth-order valence-corrected chi connectivity index (χ4v) is 3.14. The third-order valence-corrected chi connectivity index (χ3v) is 4.44. The lowest BCUT2D eigenvalue weighted by Crippen LogP contribution is -2.28. The van der Waals surface area contributed by atoms with Gasteiger partial charge in [0.15, 0.2) is 11.4 Å². The van der Waals surface area contributed by atoms with Crippen LogP contribution in [0.2, 0.25) is 0 Å². The maximum absolute atomic E-state index is 14.4. The first-order chi connectivity index (χ1) is 12.3. The molecule has 1 N–H and O–H groups in total. The monoisotopic (exact) mass is 337 g/mol. The number of aromatic nitrogens is 1. The smallest absolute Gasteiger partial charge is 0.163 e. The van der Waals surface area contributed by atoms with Gasteiger partial charge in [-0.05, 0) is 30.5 Å². The zero-order valence-corrected chi connectivity index (χ0v) is 13.5. The minimum Gasteiger partial charge on any atom is -0.462 e. The van der Waals surface area contributed by atoms with Gasteiger partial charge < -0.3 is 14.5 Å². The number of rotatable bonds is 3. The number of ether oxygens (including phenoxy) is 1. The Morgan fingerprint density at radius 3 is 2.88 bits per heavy atom. The van der Waals surface area contributed by atoms with Gasteiger partial charge in [0.25, 0.3) is 0 Å². The van der Waals surface area contributed by atoms with E-state index in [1.807, 2.05) is 6.07 Å². The fourth-order valence-electron chi connectivity index (χ4n) is 3.14. The minimum absolute atomic E-state index is 0.279. The second-order valence-corrected chi connectivity index (χ2v) is 6.02. The van der Waals surface area contributed by atoms with E-state index in [1.54, 1.807) is 18.2 Å². The predicted molar refractivity (Wildman–Crippen MR) is 91.6 cm³/mol. The summed E-state index contributed by atoms with van der Waals surface area (Å²) in [5, 5.41) is 12.9. The van der Waals surface area contributed by atoms with Gasteiger partial charge in [0.05, 0.1) is 29.3 Å². The van der Waals surface area contributed by atoms with Crippen LogP contribution in [0.5, 0.6) is 0 Å². The Morgan fingerprint density at radius 2 is 2.08 bits per heavy atom. The molecular formula is C19H16FN3O2. The molecule has 3 heterocycles. The highest BCUT2D eigenvalue weighted by atomic mass is 19.1. The number of hydrogen-bond donors (Lipinski definition) is 1. The average molecular weight is 337 g/mol. The second kappa shape index (κ2) is 6.54. The third kappa shape index (κ3) is 2.94. The van der Waals surface area contributed by atoms with Crippen molar-refractivity contribution in [1.29, 1.82) is 5.26 Å². The quantitative estimate of drug-likeness (QED) is 0.779. The molecule has 1 aliphatic heterocycles. The van der Waals surface area contributed by atoms with Crippen LogP contribution >= 0.6 is 0 Å². The molecule has 0 spiro atoms. The van der Waals surface area contributed by atoms with Gasteiger partial charge in [-0.2, -0.15) is 5.26 Å². The zero-order valence-electron chi connectivity index (χ0n) is 13.5. The van der Waals surface area contributed by atoms with Crippen molar-refractivity contribution in [3.05, 3.63) is 48.1 Å². The summed E-state index contributed by atoms with van der Waals surface area (Å²) in [6, 6.07) is 9.45. The summed E-state index contributed by atoms with van der Waals surface area (Å²) in [6.45, 7) is 1.44. The Hall–Kier alpha value is -2.91. The first-order valence-corrected chi connectivity index (χ1v) is 8.17. The van der Waals surface area contributed by atoms with Crippen LogP contribution in [0.1, 0.15) is 18.4 Å². The van der Waals surface area contributed by atoms with E-state index < -0.39 is 5.82 Å². The van der Waals surface area contributed by atoms with Crippen LogP contribution in [0, 0.1) is 17.1 Å². The van der Waals surface area contributed by atoms with Crippen LogP contribution in [-0.4, -0.2) is 24.2 Å². The molecule has 4 rings (SSSR count). The predicted octanol–water partition coefficient (Wildman–Crippen LogP) is 4.10. The Morgan fingerprint density at radius 1 is 1.24 bits per heavy atom. The van der Waals surface area contributed by atoms with Crippen LogP contribution in [-0.2, 0) is 4.74 Å². The van der Waals surface area contributed by atoms with Crippen LogP contribution in [0.25, 0.3) is 22.2 Å². The van der Waals surface area contributed by atoms with Crippen molar-refractivity contribution in [2.24, 2.45) is 0 Å². The number of nitrogens with zero attached hydrogens (tertiary/aromatic N) is 2. The molecular weight excluding hydrogens is 321 g/mol. The molecule has 0 bridgehead atoms. The highest BCUT2D eigenvalue weighted by Gasteiger charge is 2.18. The van der Waals surface area contributed by atoms with Gasteiger partial charge in [0.1, 0.15) is 11.6 Å². The van der Waals surface area contributed by atoms with E-state index in [9.17, 15) is 9.65 Å². The Labute approximate surface area is 144 Å². The maximum Gasteiger partial charge on any atom is 0.163 e. The molecule has 3 aromatic rings. The van der Waals surface area contributed by atoms with Gasteiger partial charge >= 0.3 is 0 Å². The van der Waals surface area contributed by atoms with Crippen LogP contribution in [0.4, 0.5) is 10.1 Å². The van der Waals surface area contributed by atoms with Gasteiger partial charge in [0, 0.05) is 25.3 Å². The standard InChI is InChI=1S/C19H16FN3O2/c20-15-11-22-17-5-8-25-19(17)18(15)12-1-2-16(13(9-12)10-21)23-14-3-6-24-7-4-14/h1-2,5,8-9,11,14,23H,3-4,6-7H2. The Bertz CT molecular complexity index is 955. The van der Waals surface area contributed by atoms with Gasteiger partial charge in [-0.15, -0.1) is 0 Å². The first-order valence-electron chi connectivity index (χ1n) is 8.17. The number of halogens is 1. The van der Waals surface area contributed by atoms with Gasteiger partial charge in [-0.3, -0.25) is 0 Å². The molecule has 0 unspecified atom stereocenters. The van der Waals surface area contributed by atoms with Crippen LogP contribution < -0.4 is 5.32 Å². The van der Waals surface area contributed by atoms with E-state index in [-0.39, 0.29) is 6.04 Å². The molecule has 126 valence electrons. The average Bonchev–Trinajstić information content (AvgIpc) is 3.12. The highest BCUT2D eigenvalue weighted by molar-refractivity contribution is 5.91. The minimum atomic E-state index is -0.475. The molecule has 1 saturated heterocycles. The van der Waals surface area contributed by atoms with Crippen molar-refractivity contribution in [1.82, 2.24) is 4.98 Å². The van der Waals surface area contributed by atoms with Crippen molar-refractivity contribution in [2.45, 2.75) is 18.9 Å². The number of hydrogen-bond acceptors (Lipinski definition) is 5. The highest BCUT2D eigenvalue weighted by Crippen LogP contribution is 2.33. The summed E-state index contributed by atoms with van der Waals surface area (Å²) in [7, 11) is 0. The molecule has 1 aromatic carbocycles. The molecule has 25 heavy (non-hydrogen) atoms. The summed E-state index contributed by atoms with van der Waals surface area (Å²) >= 11 is 0. The molecule has 2 aromatic heterocycles. The largest absolute Gasteiger partial charge is 0.462 e. The van der Waals surface area contributed by atoms with E-state index in [2.05, 4.69) is 16.4 Å². The molecule has 1 fully saturated rings. The number of anilines is 1. The number of nitrogens with one attached hydrogen (secondary N) is 1. The summed E-state index contributed by atoms with van der Waals surface area (Å²) in [4.78, 5) is 4.01. The number of benzene rings is 1. The van der Waals surface area contributed by atoms with E-state index >= 15 is 0 Å². The van der Waals surface area contributed by atoms with Crippen molar-refractivity contribution in [3.63, 3.8) is 0 Å². The zero-order chi connectivity index (χ0) is 17.2. The van der Waals surface area contributed by atoms with E-state index in [1.165, 1.54) is 12.5 Å². The van der Waals surface area contributed by atoms with Gasteiger partial charge in [-0.1, -0.05) is 6.07 Å². The molecule has 6 heteroatoms. The van der Waals surface area contributed by atoms with Gasteiger partial charge in [0.2, 0.25) is 0 Å². The normalized spacial score (nSPS) is 15.2. The molecule has 0 radical (unpaired) electrons. The first kappa shape index (κ1) is 15.6. The second-order valence-electron chi connectivity index (χ2n) is 6.02. The van der Waals surface area contributed by atoms with E-state index in [0.29, 0.717) is 27.8 Å². The summed E-state index contributed by atoms with van der Waals surface area (Å²) < 4.78 is 25.1. The maximum atomic E-state index is 14.4. The van der Waals surface area contributed by atoms with Crippen molar-refractivity contribution in [2.75, 3.05) is 18.5 Å². The molecule has 5 nitrogen and oxygen atoms in total. The SMILES string of the molecule is N#Cc1cc(-c2c(F)cnc3ccoc23)ccc1NC1CCOCC1. The number of nitriles is 1. The third-order valence-electron chi connectivity index (χ3n) is 4.44. The Kier molecular flexibility index (Phi) is 4.08. The van der Waals surface area contributed by atoms with Crippen molar-refractivity contribution >= 4 is 16.8 Å². The van der Waals surface area contributed by atoms with E-state index in [4.69, 9.17) is 9.15 Å². The summed E-state index contributed by atoms with van der Waals surface area (Å²) in [5.74, 6) is -0.475. The summed E-state index contributed by atoms with van der Waals surface area (Å²) in [5.41, 5.74) is 3.11. The fraction of sp³-hybridized carbons (Fsp3) is 0.263. The molecule has 0 atom stereocenters. The number of pyridine rings is 1. The lowest BCUT2D eigenvalue weighted by atomic mass is 10.0. The number of fused-ring (bicyclic) bond motifs is 1. The van der Waals surface area contributed by atoms with Crippen molar-refractivity contribution < 1.29 is 13.5 Å². The molecule has 0 amide bonds. The van der Waals surface area contributed by atoms with Gasteiger partial charge in [-0.25, -0.2) is 9.37 Å².